The van der Waals surface area contributed by atoms with Crippen LogP contribution in [-0.2, 0) is 20.7 Å². The largest absolute Gasteiger partial charge is 0.383 e. The Balaban J connectivity index is 2.07. The molecule has 1 fully saturated rings. The van der Waals surface area contributed by atoms with Crippen molar-refractivity contribution in [3.05, 3.63) is 17.0 Å². The number of carbonyl (C=O) groups is 1. The van der Waals surface area contributed by atoms with Crippen LogP contribution in [0.3, 0.4) is 0 Å². The van der Waals surface area contributed by atoms with Gasteiger partial charge < -0.3 is 18.9 Å². The van der Waals surface area contributed by atoms with Crippen LogP contribution in [0.1, 0.15) is 23.4 Å². The number of hydrogen-bond acceptors (Lipinski definition) is 5. The summed E-state index contributed by atoms with van der Waals surface area (Å²) < 4.78 is 15.7. The van der Waals surface area contributed by atoms with E-state index < -0.39 is 0 Å². The summed E-state index contributed by atoms with van der Waals surface area (Å²) in [7, 11) is 3.33. The average Bonchev–Trinajstić information content (AvgIpc) is 2.97. The van der Waals surface area contributed by atoms with Crippen LogP contribution in [0.15, 0.2) is 4.52 Å². The molecule has 2 rings (SSSR count). The predicted molar refractivity (Wildman–Crippen MR) is 72.5 cm³/mol. The third-order valence-electron chi connectivity index (χ3n) is 3.90. The highest BCUT2D eigenvalue weighted by Crippen LogP contribution is 2.22. The monoisotopic (exact) mass is 282 g/mol. The quantitative estimate of drug-likeness (QED) is 0.809. The van der Waals surface area contributed by atoms with E-state index in [9.17, 15) is 4.79 Å². The molecule has 0 unspecified atom stereocenters. The molecule has 0 aliphatic carbocycles. The van der Waals surface area contributed by atoms with Gasteiger partial charge in [0.25, 0.3) is 0 Å². The Hall–Kier alpha value is -1.40. The molecular formula is C14H22N2O4. The number of hydrogen-bond donors (Lipinski definition) is 0. The van der Waals surface area contributed by atoms with E-state index in [2.05, 4.69) is 5.16 Å². The number of ether oxygens (including phenoxy) is 2. The zero-order chi connectivity index (χ0) is 14.7. The van der Waals surface area contributed by atoms with Gasteiger partial charge in [0.1, 0.15) is 5.76 Å². The van der Waals surface area contributed by atoms with Crippen LogP contribution in [0.25, 0.3) is 0 Å². The summed E-state index contributed by atoms with van der Waals surface area (Å²) >= 11 is 0. The zero-order valence-corrected chi connectivity index (χ0v) is 12.5. The number of rotatable bonds is 5. The van der Waals surface area contributed by atoms with E-state index in [1.54, 1.807) is 14.2 Å². The van der Waals surface area contributed by atoms with E-state index in [-0.39, 0.29) is 18.1 Å². The van der Waals surface area contributed by atoms with Crippen LogP contribution in [0, 0.1) is 13.8 Å². The van der Waals surface area contributed by atoms with Crippen molar-refractivity contribution in [1.29, 1.82) is 0 Å². The molecule has 0 N–H and O–H groups in total. The van der Waals surface area contributed by atoms with E-state index in [0.717, 1.165) is 17.7 Å². The van der Waals surface area contributed by atoms with E-state index in [4.69, 9.17) is 14.0 Å². The maximum absolute atomic E-state index is 12.5. The second kappa shape index (κ2) is 6.37. The van der Waals surface area contributed by atoms with Crippen molar-refractivity contribution < 1.29 is 18.8 Å². The van der Waals surface area contributed by atoms with Crippen molar-refractivity contribution in [1.82, 2.24) is 10.1 Å². The molecule has 1 aromatic heterocycles. The number of aromatic nitrogens is 1. The van der Waals surface area contributed by atoms with Crippen LogP contribution in [0.5, 0.6) is 0 Å². The van der Waals surface area contributed by atoms with Gasteiger partial charge in [-0.3, -0.25) is 4.79 Å². The molecule has 0 spiro atoms. The first-order valence-electron chi connectivity index (χ1n) is 6.79. The number of aryl methyl sites for hydroxylation is 2. The van der Waals surface area contributed by atoms with Crippen LogP contribution < -0.4 is 0 Å². The molecular weight excluding hydrogens is 260 g/mol. The van der Waals surface area contributed by atoms with Crippen molar-refractivity contribution in [3.63, 3.8) is 0 Å². The Labute approximate surface area is 119 Å². The molecule has 6 heteroatoms. The zero-order valence-electron chi connectivity index (χ0n) is 12.5. The van der Waals surface area contributed by atoms with Gasteiger partial charge >= 0.3 is 0 Å². The fourth-order valence-corrected chi connectivity index (χ4v) is 2.71. The third-order valence-corrected chi connectivity index (χ3v) is 3.90. The minimum atomic E-state index is 0.0704. The Morgan fingerprint density at radius 3 is 2.75 bits per heavy atom. The standard InChI is InChI=1S/C14H22N2O4/c1-9-13(10(2)20-15-9)6-14(17)16-7-12(19-4)5-11(16)8-18-3/h11-12H,5-8H2,1-4H3/t11-,12-/m0/s1. The highest BCUT2D eigenvalue weighted by Gasteiger charge is 2.35. The second-order valence-corrected chi connectivity index (χ2v) is 5.23. The van der Waals surface area contributed by atoms with Crippen LogP contribution >= 0.6 is 0 Å². The first-order valence-corrected chi connectivity index (χ1v) is 6.79. The van der Waals surface area contributed by atoms with Crippen molar-refractivity contribution in [2.24, 2.45) is 0 Å². The second-order valence-electron chi connectivity index (χ2n) is 5.23. The molecule has 0 aromatic carbocycles. The van der Waals surface area contributed by atoms with Crippen LogP contribution in [-0.4, -0.2) is 55.5 Å². The van der Waals surface area contributed by atoms with Gasteiger partial charge in [-0.25, -0.2) is 0 Å². The molecule has 1 aliphatic rings. The van der Waals surface area contributed by atoms with Crippen molar-refractivity contribution in [2.75, 3.05) is 27.4 Å². The van der Waals surface area contributed by atoms with Gasteiger partial charge in [0.2, 0.25) is 5.91 Å². The van der Waals surface area contributed by atoms with E-state index >= 15 is 0 Å². The smallest absolute Gasteiger partial charge is 0.227 e. The number of nitrogens with zero attached hydrogens (tertiary/aromatic N) is 2. The van der Waals surface area contributed by atoms with Gasteiger partial charge in [-0.1, -0.05) is 5.16 Å². The molecule has 1 saturated heterocycles. The first kappa shape index (κ1) is 15.0. The SMILES string of the molecule is COC[C@@H]1C[C@H](OC)CN1C(=O)Cc1c(C)noc1C. The van der Waals surface area contributed by atoms with Crippen molar-refractivity contribution in [3.8, 4) is 0 Å². The van der Waals surface area contributed by atoms with E-state index in [1.807, 2.05) is 18.7 Å². The predicted octanol–water partition coefficient (Wildman–Crippen LogP) is 1.10. The van der Waals surface area contributed by atoms with Crippen LogP contribution in [0.2, 0.25) is 0 Å². The minimum Gasteiger partial charge on any atom is -0.383 e. The molecule has 1 aliphatic heterocycles. The summed E-state index contributed by atoms with van der Waals surface area (Å²) in [5, 5.41) is 3.89. The van der Waals surface area contributed by atoms with Crippen LogP contribution in [0.4, 0.5) is 0 Å². The van der Waals surface area contributed by atoms with Gasteiger partial charge in [0, 0.05) is 26.3 Å². The van der Waals surface area contributed by atoms with Crippen molar-refractivity contribution >= 4 is 5.91 Å². The Kier molecular flexibility index (Phi) is 4.77. The summed E-state index contributed by atoms with van der Waals surface area (Å²) in [4.78, 5) is 14.4. The Morgan fingerprint density at radius 2 is 2.20 bits per heavy atom. The average molecular weight is 282 g/mol. The molecule has 112 valence electrons. The lowest BCUT2D eigenvalue weighted by Gasteiger charge is -2.23. The normalized spacial score (nSPS) is 22.5. The van der Waals surface area contributed by atoms with Gasteiger partial charge in [0.05, 0.1) is 30.9 Å². The van der Waals surface area contributed by atoms with Gasteiger partial charge in [0.15, 0.2) is 0 Å². The number of carbonyl (C=O) groups excluding carboxylic acids is 1. The number of amides is 1. The molecule has 6 nitrogen and oxygen atoms in total. The maximum atomic E-state index is 12.5. The number of likely N-dealkylation sites (tertiary alicyclic amines) is 1. The van der Waals surface area contributed by atoms with Gasteiger partial charge in [-0.2, -0.15) is 0 Å². The molecule has 2 heterocycles. The summed E-state index contributed by atoms with van der Waals surface area (Å²) in [6.45, 7) is 4.84. The molecule has 2 atom stereocenters. The molecule has 0 bridgehead atoms. The summed E-state index contributed by atoms with van der Waals surface area (Å²) in [6.07, 6.45) is 1.22. The Morgan fingerprint density at radius 1 is 1.45 bits per heavy atom. The summed E-state index contributed by atoms with van der Waals surface area (Å²) in [5.41, 5.74) is 1.66. The summed E-state index contributed by atoms with van der Waals surface area (Å²) in [6, 6.07) is 0.0814. The first-order chi connectivity index (χ1) is 9.56. The maximum Gasteiger partial charge on any atom is 0.227 e. The molecule has 0 radical (unpaired) electrons. The van der Waals surface area contributed by atoms with Gasteiger partial charge in [-0.05, 0) is 20.3 Å². The minimum absolute atomic E-state index is 0.0704. The lowest BCUT2D eigenvalue weighted by Crippen LogP contribution is -2.39. The fraction of sp³-hybridized carbons (Fsp3) is 0.714. The fourth-order valence-electron chi connectivity index (χ4n) is 2.71. The van der Waals surface area contributed by atoms with Crippen molar-refractivity contribution in [2.45, 2.75) is 38.8 Å². The molecule has 20 heavy (non-hydrogen) atoms. The highest BCUT2D eigenvalue weighted by atomic mass is 16.5. The highest BCUT2D eigenvalue weighted by molar-refractivity contribution is 5.80. The van der Waals surface area contributed by atoms with Gasteiger partial charge in [-0.15, -0.1) is 0 Å². The lowest BCUT2D eigenvalue weighted by molar-refractivity contribution is -0.132. The van der Waals surface area contributed by atoms with E-state index in [0.29, 0.717) is 25.3 Å². The molecule has 0 saturated carbocycles. The third kappa shape index (κ3) is 3.02. The molecule has 1 amide bonds. The summed E-state index contributed by atoms with van der Waals surface area (Å²) in [5.74, 6) is 0.780. The Bertz CT molecular complexity index is 452. The molecule has 1 aromatic rings. The lowest BCUT2D eigenvalue weighted by atomic mass is 10.1. The number of methoxy groups -OCH3 is 2. The van der Waals surface area contributed by atoms with E-state index in [1.165, 1.54) is 0 Å². The topological polar surface area (TPSA) is 64.8 Å².